The summed E-state index contributed by atoms with van der Waals surface area (Å²) in [5, 5.41) is 3.55. The number of sulfonamides is 1. The van der Waals surface area contributed by atoms with Crippen LogP contribution < -0.4 is 19.1 Å². The van der Waals surface area contributed by atoms with Crippen molar-refractivity contribution < 1.29 is 27.5 Å². The molecule has 0 spiro atoms. The van der Waals surface area contributed by atoms with Crippen molar-refractivity contribution in [2.45, 2.75) is 57.7 Å². The van der Waals surface area contributed by atoms with E-state index in [0.29, 0.717) is 41.7 Å². The number of carbonyl (C=O) groups excluding carboxylic acids is 2. The molecule has 1 atom stereocenters. The number of halogens is 1. The first-order chi connectivity index (χ1) is 18.2. The Morgan fingerprint density at radius 3 is 2.42 bits per heavy atom. The zero-order valence-electron chi connectivity index (χ0n) is 21.7. The molecule has 1 aliphatic heterocycles. The molecule has 1 aliphatic carbocycles. The highest BCUT2D eigenvalue weighted by atomic mass is 35.5. The molecule has 2 amide bonds. The molecule has 2 aromatic rings. The zero-order valence-corrected chi connectivity index (χ0v) is 23.3. The van der Waals surface area contributed by atoms with E-state index in [-0.39, 0.29) is 24.2 Å². The molecule has 0 radical (unpaired) electrons. The van der Waals surface area contributed by atoms with Gasteiger partial charge in [-0.25, -0.2) is 8.42 Å². The van der Waals surface area contributed by atoms with E-state index in [2.05, 4.69) is 5.32 Å². The second-order valence-electron chi connectivity index (χ2n) is 9.62. The maximum Gasteiger partial charge on any atom is 0.244 e. The summed E-state index contributed by atoms with van der Waals surface area (Å²) in [6, 6.07) is 11.1. The molecule has 4 rings (SSSR count). The Hall–Kier alpha value is -2.98. The van der Waals surface area contributed by atoms with Crippen molar-refractivity contribution in [1.82, 2.24) is 10.2 Å². The van der Waals surface area contributed by atoms with Crippen molar-refractivity contribution >= 4 is 39.1 Å². The fraction of sp³-hybridized carbons (Fsp3) is 0.481. The third kappa shape index (κ3) is 6.71. The van der Waals surface area contributed by atoms with E-state index in [1.807, 2.05) is 6.92 Å². The van der Waals surface area contributed by atoms with Crippen LogP contribution in [-0.4, -0.2) is 63.2 Å². The van der Waals surface area contributed by atoms with Gasteiger partial charge in [-0.15, -0.1) is 0 Å². The second kappa shape index (κ2) is 12.3. The van der Waals surface area contributed by atoms with Crippen LogP contribution in [0, 0.1) is 0 Å². The van der Waals surface area contributed by atoms with Crippen molar-refractivity contribution in [3.05, 3.63) is 53.1 Å². The van der Waals surface area contributed by atoms with Crippen molar-refractivity contribution in [2.24, 2.45) is 0 Å². The number of benzene rings is 2. The Morgan fingerprint density at radius 1 is 1.08 bits per heavy atom. The molecule has 1 N–H and O–H groups in total. The lowest BCUT2D eigenvalue weighted by molar-refractivity contribution is -0.140. The van der Waals surface area contributed by atoms with Crippen LogP contribution in [0.4, 0.5) is 5.69 Å². The number of amides is 2. The van der Waals surface area contributed by atoms with Gasteiger partial charge in [-0.05, 0) is 43.0 Å². The first-order valence-corrected chi connectivity index (χ1v) is 15.1. The minimum Gasteiger partial charge on any atom is -0.486 e. The van der Waals surface area contributed by atoms with E-state index in [1.54, 1.807) is 42.5 Å². The molecule has 0 aromatic heterocycles. The van der Waals surface area contributed by atoms with Crippen LogP contribution in [-0.2, 0) is 26.2 Å². The van der Waals surface area contributed by atoms with Gasteiger partial charge in [0.25, 0.3) is 0 Å². The Bertz CT molecular complexity index is 1270. The standard InChI is InChI=1S/C27H34ClN3O6S/c1-3-23(27(33)29-20-9-5-6-10-20)30(17-19-8-4-7-11-22(19)28)26(32)18-31(38(2,34)35)21-12-13-24-25(16-21)37-15-14-36-24/h4,7-8,11-13,16,20,23H,3,5-6,9-10,14-15,17-18H2,1-2H3,(H,29,33). The van der Waals surface area contributed by atoms with Gasteiger partial charge in [-0.2, -0.15) is 0 Å². The highest BCUT2D eigenvalue weighted by Crippen LogP contribution is 2.35. The van der Waals surface area contributed by atoms with Gasteiger partial charge in [0.15, 0.2) is 11.5 Å². The molecular weight excluding hydrogens is 530 g/mol. The number of hydrogen-bond acceptors (Lipinski definition) is 6. The van der Waals surface area contributed by atoms with Crippen LogP contribution in [0.2, 0.25) is 5.02 Å². The number of ether oxygens (including phenoxy) is 2. The molecule has 1 saturated carbocycles. The van der Waals surface area contributed by atoms with Gasteiger partial charge in [0.05, 0.1) is 11.9 Å². The monoisotopic (exact) mass is 563 g/mol. The van der Waals surface area contributed by atoms with E-state index in [0.717, 1.165) is 36.2 Å². The van der Waals surface area contributed by atoms with Gasteiger partial charge in [0.1, 0.15) is 25.8 Å². The summed E-state index contributed by atoms with van der Waals surface area (Å²) in [5.74, 6) is 0.156. The van der Waals surface area contributed by atoms with E-state index in [4.69, 9.17) is 21.1 Å². The minimum atomic E-state index is -3.86. The fourth-order valence-electron chi connectivity index (χ4n) is 4.90. The molecule has 1 unspecified atom stereocenters. The van der Waals surface area contributed by atoms with Gasteiger partial charge in [0, 0.05) is 23.7 Å². The summed E-state index contributed by atoms with van der Waals surface area (Å²) in [6.45, 7) is 2.15. The van der Waals surface area contributed by atoms with Crippen LogP contribution in [0.25, 0.3) is 0 Å². The average molecular weight is 564 g/mol. The highest BCUT2D eigenvalue weighted by molar-refractivity contribution is 7.92. The SMILES string of the molecule is CCC(C(=O)NC1CCCC1)N(Cc1ccccc1Cl)C(=O)CN(c1ccc2c(c1)OCCO2)S(C)(=O)=O. The fourth-order valence-corrected chi connectivity index (χ4v) is 5.93. The second-order valence-corrected chi connectivity index (χ2v) is 11.9. The van der Waals surface area contributed by atoms with E-state index in [9.17, 15) is 18.0 Å². The summed E-state index contributed by atoms with van der Waals surface area (Å²) >= 11 is 6.41. The summed E-state index contributed by atoms with van der Waals surface area (Å²) in [6.07, 6.45) is 5.34. The molecule has 0 saturated heterocycles. The molecule has 9 nitrogen and oxygen atoms in total. The maximum absolute atomic E-state index is 13.9. The highest BCUT2D eigenvalue weighted by Gasteiger charge is 2.33. The van der Waals surface area contributed by atoms with E-state index < -0.39 is 28.5 Å². The molecule has 2 aromatic carbocycles. The van der Waals surface area contributed by atoms with Crippen molar-refractivity contribution in [3.8, 4) is 11.5 Å². The van der Waals surface area contributed by atoms with Crippen molar-refractivity contribution in [2.75, 3.05) is 30.3 Å². The largest absolute Gasteiger partial charge is 0.486 e. The lowest BCUT2D eigenvalue weighted by Gasteiger charge is -2.33. The first kappa shape index (κ1) is 28.0. The zero-order chi connectivity index (χ0) is 27.3. The quantitative estimate of drug-likeness (QED) is 0.472. The maximum atomic E-state index is 13.9. The third-order valence-corrected chi connectivity index (χ3v) is 8.39. The number of carbonyl (C=O) groups is 2. The van der Waals surface area contributed by atoms with Gasteiger partial charge in [0.2, 0.25) is 21.8 Å². The number of anilines is 1. The third-order valence-electron chi connectivity index (χ3n) is 6.88. The van der Waals surface area contributed by atoms with E-state index in [1.165, 1.54) is 4.90 Å². The van der Waals surface area contributed by atoms with Crippen LogP contribution in [0.1, 0.15) is 44.6 Å². The normalized spacial score (nSPS) is 16.1. The Labute approximate surface area is 229 Å². The summed E-state index contributed by atoms with van der Waals surface area (Å²) in [4.78, 5) is 28.7. The Morgan fingerprint density at radius 2 is 1.76 bits per heavy atom. The Kier molecular flexibility index (Phi) is 9.04. The Balaban J connectivity index is 1.64. The lowest BCUT2D eigenvalue weighted by Crippen LogP contribution is -2.53. The molecular formula is C27H34ClN3O6S. The van der Waals surface area contributed by atoms with Crippen molar-refractivity contribution in [1.29, 1.82) is 0 Å². The smallest absolute Gasteiger partial charge is 0.244 e. The van der Waals surface area contributed by atoms with Crippen LogP contribution in [0.15, 0.2) is 42.5 Å². The molecule has 11 heteroatoms. The molecule has 1 fully saturated rings. The average Bonchev–Trinajstić information content (AvgIpc) is 3.40. The summed E-state index contributed by atoms with van der Waals surface area (Å²) < 4.78 is 37.9. The number of nitrogens with zero attached hydrogens (tertiary/aromatic N) is 2. The van der Waals surface area contributed by atoms with Crippen molar-refractivity contribution in [3.63, 3.8) is 0 Å². The first-order valence-electron chi connectivity index (χ1n) is 12.9. The van der Waals surface area contributed by atoms with Gasteiger partial charge in [-0.1, -0.05) is 49.6 Å². The van der Waals surface area contributed by atoms with Crippen LogP contribution >= 0.6 is 11.6 Å². The molecule has 2 aliphatic rings. The molecule has 38 heavy (non-hydrogen) atoms. The number of nitrogens with one attached hydrogen (secondary N) is 1. The lowest BCUT2D eigenvalue weighted by atomic mass is 10.1. The van der Waals surface area contributed by atoms with Gasteiger partial charge >= 0.3 is 0 Å². The number of hydrogen-bond donors (Lipinski definition) is 1. The predicted octanol–water partition coefficient (Wildman–Crippen LogP) is 3.74. The number of rotatable bonds is 10. The summed E-state index contributed by atoms with van der Waals surface area (Å²) in [7, 11) is -3.86. The molecule has 206 valence electrons. The van der Waals surface area contributed by atoms with Crippen LogP contribution in [0.5, 0.6) is 11.5 Å². The minimum absolute atomic E-state index is 0.0633. The van der Waals surface area contributed by atoms with E-state index >= 15 is 0 Å². The predicted molar refractivity (Wildman–Crippen MR) is 146 cm³/mol. The van der Waals surface area contributed by atoms with Crippen LogP contribution in [0.3, 0.4) is 0 Å². The van der Waals surface area contributed by atoms with Gasteiger partial charge < -0.3 is 19.7 Å². The number of fused-ring (bicyclic) bond motifs is 1. The molecule has 0 bridgehead atoms. The summed E-state index contributed by atoms with van der Waals surface area (Å²) in [5.41, 5.74) is 0.936. The topological polar surface area (TPSA) is 105 Å². The molecule has 1 heterocycles. The van der Waals surface area contributed by atoms with Gasteiger partial charge in [-0.3, -0.25) is 13.9 Å².